The maximum atomic E-state index is 4.16. The predicted octanol–water partition coefficient (Wildman–Crippen LogP) is 19.0. The molecule has 0 bridgehead atoms. The first kappa shape index (κ1) is 42.5. The van der Waals surface area contributed by atoms with Crippen molar-refractivity contribution in [3.8, 4) is 16.8 Å². The second-order valence-electron chi connectivity index (χ2n) is 18.2. The molecular formula is C68H48N4. The van der Waals surface area contributed by atoms with Crippen LogP contribution in [0.4, 0.5) is 34.1 Å². The van der Waals surface area contributed by atoms with E-state index in [0.717, 1.165) is 67.7 Å². The van der Waals surface area contributed by atoms with Gasteiger partial charge in [-0.25, -0.2) is 0 Å². The second-order valence-corrected chi connectivity index (χ2v) is 18.2. The fourth-order valence-electron chi connectivity index (χ4n) is 11.0. The van der Waals surface area contributed by atoms with E-state index in [2.05, 4.69) is 281 Å². The van der Waals surface area contributed by atoms with E-state index >= 15 is 0 Å². The van der Waals surface area contributed by atoms with Crippen LogP contribution in [0.1, 0.15) is 0 Å². The molecule has 0 aliphatic rings. The van der Waals surface area contributed by atoms with Gasteiger partial charge in [-0.15, -0.1) is 0 Å². The van der Waals surface area contributed by atoms with Crippen molar-refractivity contribution in [1.29, 1.82) is 0 Å². The summed E-state index contributed by atoms with van der Waals surface area (Å²) in [5.41, 5.74) is 15.6. The Morgan fingerprint density at radius 3 is 1.32 bits per heavy atom. The Morgan fingerprint density at radius 2 is 0.764 bits per heavy atom. The summed E-state index contributed by atoms with van der Waals surface area (Å²) < 4.78 is 4.65. The van der Waals surface area contributed by atoms with Crippen LogP contribution in [-0.2, 0) is 0 Å². The molecule has 340 valence electrons. The lowest BCUT2D eigenvalue weighted by molar-refractivity contribution is 1.18. The van der Waals surface area contributed by atoms with Crippen LogP contribution in [0.3, 0.4) is 0 Å². The van der Waals surface area contributed by atoms with Crippen LogP contribution >= 0.6 is 0 Å². The molecule has 0 saturated heterocycles. The topological polar surface area (TPSA) is 16.3 Å². The highest BCUT2D eigenvalue weighted by molar-refractivity contribution is 6.13. The third-order valence-corrected chi connectivity index (χ3v) is 14.2. The third-order valence-electron chi connectivity index (χ3n) is 14.2. The first-order chi connectivity index (χ1) is 35.6. The third kappa shape index (κ3) is 7.08. The van der Waals surface area contributed by atoms with E-state index in [1.54, 1.807) is 0 Å². The molecule has 0 N–H and O–H groups in total. The van der Waals surface area contributed by atoms with Crippen molar-refractivity contribution >= 4 is 105 Å². The van der Waals surface area contributed by atoms with Gasteiger partial charge < -0.3 is 18.9 Å². The second kappa shape index (κ2) is 17.7. The summed E-state index contributed by atoms with van der Waals surface area (Å²) >= 11 is 0. The zero-order valence-electron chi connectivity index (χ0n) is 39.6. The predicted molar refractivity (Wildman–Crippen MR) is 308 cm³/mol. The van der Waals surface area contributed by atoms with Crippen molar-refractivity contribution in [2.24, 2.45) is 0 Å². The summed E-state index contributed by atoms with van der Waals surface area (Å²) in [5.74, 6) is 0. The van der Waals surface area contributed by atoms with E-state index in [9.17, 15) is 0 Å². The van der Waals surface area contributed by atoms with E-state index < -0.39 is 0 Å². The first-order valence-corrected chi connectivity index (χ1v) is 24.5. The largest absolute Gasteiger partial charge is 0.310 e. The molecular weight excluding hydrogens is 873 g/mol. The van der Waals surface area contributed by atoms with Gasteiger partial charge in [0.25, 0.3) is 0 Å². The number of anilines is 6. The van der Waals surface area contributed by atoms with Gasteiger partial charge >= 0.3 is 0 Å². The first-order valence-electron chi connectivity index (χ1n) is 24.5. The number of nitrogens with zero attached hydrogens (tertiary/aromatic N) is 4. The van der Waals surface area contributed by atoms with Crippen LogP contribution in [0.2, 0.25) is 0 Å². The lowest BCUT2D eigenvalue weighted by Crippen LogP contribution is -2.10. The summed E-state index contributed by atoms with van der Waals surface area (Å²) in [5, 5.41) is 9.54. The summed E-state index contributed by atoms with van der Waals surface area (Å²) in [6.45, 7) is 8.15. The Bertz CT molecular complexity index is 4240. The van der Waals surface area contributed by atoms with E-state index in [1.165, 1.54) is 54.1 Å². The van der Waals surface area contributed by atoms with Gasteiger partial charge in [0.15, 0.2) is 0 Å². The van der Waals surface area contributed by atoms with Gasteiger partial charge in [0.1, 0.15) is 0 Å². The van der Waals surface area contributed by atoms with Crippen LogP contribution in [0.15, 0.2) is 280 Å². The molecule has 0 spiro atoms. The molecule has 2 aromatic heterocycles. The molecule has 0 atom stereocenters. The summed E-state index contributed by atoms with van der Waals surface area (Å²) in [6, 6.07) is 90.2. The van der Waals surface area contributed by atoms with E-state index in [1.807, 2.05) is 18.2 Å². The van der Waals surface area contributed by atoms with Gasteiger partial charge in [0.2, 0.25) is 0 Å². The molecule has 0 fully saturated rings. The molecule has 0 unspecified atom stereocenters. The van der Waals surface area contributed by atoms with E-state index in [0.29, 0.717) is 0 Å². The quantitative estimate of drug-likeness (QED) is 0.120. The highest BCUT2D eigenvalue weighted by Crippen LogP contribution is 2.45. The lowest BCUT2D eigenvalue weighted by atomic mass is 10.0. The van der Waals surface area contributed by atoms with Crippen molar-refractivity contribution in [2.45, 2.75) is 0 Å². The molecule has 11 aromatic carbocycles. The number of benzene rings is 11. The molecule has 4 nitrogen and oxygen atoms in total. The van der Waals surface area contributed by atoms with Gasteiger partial charge in [-0.3, -0.25) is 0 Å². The van der Waals surface area contributed by atoms with Crippen molar-refractivity contribution < 1.29 is 0 Å². The van der Waals surface area contributed by atoms with Crippen LogP contribution in [0.25, 0.3) is 87.7 Å². The van der Waals surface area contributed by atoms with Gasteiger partial charge in [-0.1, -0.05) is 171 Å². The number of allylic oxidation sites excluding steroid dienone is 4. The molecule has 4 heteroatoms. The van der Waals surface area contributed by atoms with Crippen LogP contribution in [-0.4, -0.2) is 9.13 Å². The molecule has 0 radical (unpaired) electrons. The SMILES string of the molecule is C=C/C=C(\C=C)n1c2ccccc2c2cc(N(c3ccc(-c4ccc(N(c5ccc6c(c5)c5ccccc5n6-c5ccccc5)c5cccc6ccccc56)cc4)cc3)c3cccc4ccccc34)ccc21. The molecule has 0 aliphatic carbocycles. The summed E-state index contributed by atoms with van der Waals surface area (Å²) in [7, 11) is 0. The molecule has 0 amide bonds. The molecule has 0 saturated carbocycles. The minimum absolute atomic E-state index is 0.977. The Hall–Kier alpha value is -9.64. The van der Waals surface area contributed by atoms with E-state index in [4.69, 9.17) is 0 Å². The molecule has 13 rings (SSSR count). The maximum absolute atomic E-state index is 4.16. The fraction of sp³-hybridized carbons (Fsp3) is 0. The maximum Gasteiger partial charge on any atom is 0.0542 e. The number of rotatable bonds is 11. The number of fused-ring (bicyclic) bond motifs is 8. The van der Waals surface area contributed by atoms with Crippen molar-refractivity contribution in [1.82, 2.24) is 9.13 Å². The molecule has 13 aromatic rings. The smallest absolute Gasteiger partial charge is 0.0542 e. The summed E-state index contributed by atoms with van der Waals surface area (Å²) in [6.07, 6.45) is 5.73. The highest BCUT2D eigenvalue weighted by atomic mass is 15.2. The Labute approximate surface area is 418 Å². The number of hydrogen-bond acceptors (Lipinski definition) is 2. The van der Waals surface area contributed by atoms with Crippen LogP contribution in [0.5, 0.6) is 0 Å². The Morgan fingerprint density at radius 1 is 0.347 bits per heavy atom. The number of aromatic nitrogens is 2. The minimum atomic E-state index is 0.977. The van der Waals surface area contributed by atoms with Gasteiger partial charge in [0, 0.05) is 66.5 Å². The Balaban J connectivity index is 0.912. The molecule has 72 heavy (non-hydrogen) atoms. The van der Waals surface area contributed by atoms with Crippen LogP contribution in [0, 0.1) is 0 Å². The number of para-hydroxylation sites is 3. The Kier molecular flexibility index (Phi) is 10.4. The van der Waals surface area contributed by atoms with Gasteiger partial charge in [-0.2, -0.15) is 0 Å². The average molecular weight is 921 g/mol. The highest BCUT2D eigenvalue weighted by Gasteiger charge is 2.21. The van der Waals surface area contributed by atoms with Crippen molar-refractivity contribution in [3.05, 3.63) is 280 Å². The van der Waals surface area contributed by atoms with E-state index in [-0.39, 0.29) is 0 Å². The fourth-order valence-corrected chi connectivity index (χ4v) is 11.0. The zero-order valence-corrected chi connectivity index (χ0v) is 39.6. The van der Waals surface area contributed by atoms with Gasteiger partial charge in [0.05, 0.1) is 33.4 Å². The average Bonchev–Trinajstić information content (AvgIpc) is 3.95. The molecule has 0 aliphatic heterocycles. The van der Waals surface area contributed by atoms with Crippen molar-refractivity contribution in [3.63, 3.8) is 0 Å². The molecule has 2 heterocycles. The zero-order chi connectivity index (χ0) is 48.1. The normalized spacial score (nSPS) is 11.8. The summed E-state index contributed by atoms with van der Waals surface area (Å²) in [4.78, 5) is 4.80. The van der Waals surface area contributed by atoms with Crippen molar-refractivity contribution in [2.75, 3.05) is 9.80 Å². The number of hydrogen-bond donors (Lipinski definition) is 0. The monoisotopic (exact) mass is 920 g/mol. The minimum Gasteiger partial charge on any atom is -0.310 e. The van der Waals surface area contributed by atoms with Crippen LogP contribution < -0.4 is 9.80 Å². The van der Waals surface area contributed by atoms with Gasteiger partial charge in [-0.05, 0) is 131 Å². The lowest BCUT2D eigenvalue weighted by Gasteiger charge is -2.28. The standard InChI is InChI=1S/C68H48N4/c1-3-18-51(4-2)71-65-29-14-12-27-59(65)61-45-55(41-43-67(61)71)69(63-31-16-21-49-19-8-10-25-57(49)63)53-37-33-47(34-38-53)48-35-39-54(40-36-48)70(64-32-17-22-50-20-9-11-26-58(50)64)56-42-44-68-62(46-56)60-28-13-15-30-66(60)72(68)52-23-6-5-7-24-52/h3-46H,1-2H2/b51-18+.